The topological polar surface area (TPSA) is 59.8 Å². The van der Waals surface area contributed by atoms with Crippen molar-refractivity contribution in [2.24, 2.45) is 0 Å². The van der Waals surface area contributed by atoms with E-state index >= 15 is 0 Å². The van der Waals surface area contributed by atoms with E-state index in [0.717, 1.165) is 33.6 Å². The second-order valence-electron chi connectivity index (χ2n) is 7.15. The van der Waals surface area contributed by atoms with Gasteiger partial charge >= 0.3 is 0 Å². The lowest BCUT2D eigenvalue weighted by molar-refractivity contribution is 0.101. The largest absolute Gasteiger partial charge is 0.319 e. The fraction of sp³-hybridized carbons (Fsp3) is 0.125. The lowest BCUT2D eigenvalue weighted by Crippen LogP contribution is -2.14. The molecule has 0 spiro atoms. The van der Waals surface area contributed by atoms with Gasteiger partial charge in [-0.1, -0.05) is 54.1 Å². The first-order valence-corrected chi connectivity index (χ1v) is 9.49. The first-order chi connectivity index (χ1) is 14.0. The standard InChI is InChI=1S/C24H22N4O/c1-16-8-6-11-19(14-16)23-26-22(24(29)25-20-12-7-9-17(2)15-20)27-28(23)21-13-5-4-10-18(21)3/h4-15H,1-3H3,(H,25,29). The molecule has 5 nitrogen and oxygen atoms in total. The fourth-order valence-electron chi connectivity index (χ4n) is 3.26. The predicted octanol–water partition coefficient (Wildman–Crippen LogP) is 5.11. The number of carbonyl (C=O) groups is 1. The van der Waals surface area contributed by atoms with Gasteiger partial charge in [0.1, 0.15) is 0 Å². The van der Waals surface area contributed by atoms with Crippen molar-refractivity contribution in [1.82, 2.24) is 14.8 Å². The Bertz CT molecular complexity index is 1190. The summed E-state index contributed by atoms with van der Waals surface area (Å²) in [7, 11) is 0. The third-order valence-electron chi connectivity index (χ3n) is 4.71. The number of rotatable bonds is 4. The molecule has 1 amide bonds. The normalized spacial score (nSPS) is 10.7. The van der Waals surface area contributed by atoms with Gasteiger partial charge in [-0.3, -0.25) is 4.79 Å². The number of anilines is 1. The van der Waals surface area contributed by atoms with Crippen LogP contribution in [0, 0.1) is 20.8 Å². The van der Waals surface area contributed by atoms with Gasteiger partial charge in [-0.25, -0.2) is 9.67 Å². The van der Waals surface area contributed by atoms with Crippen LogP contribution in [0.5, 0.6) is 0 Å². The van der Waals surface area contributed by atoms with Crippen molar-refractivity contribution in [2.75, 3.05) is 5.32 Å². The SMILES string of the molecule is Cc1cccc(NC(=O)c2nc(-c3cccc(C)c3)n(-c3ccccc3C)n2)c1. The number of nitrogens with zero attached hydrogens (tertiary/aromatic N) is 3. The molecule has 0 fully saturated rings. The van der Waals surface area contributed by atoms with Crippen molar-refractivity contribution in [3.8, 4) is 17.1 Å². The van der Waals surface area contributed by atoms with E-state index in [4.69, 9.17) is 0 Å². The Kier molecular flexibility index (Phi) is 4.96. The molecule has 5 heteroatoms. The summed E-state index contributed by atoms with van der Waals surface area (Å²) in [6.07, 6.45) is 0. The zero-order valence-corrected chi connectivity index (χ0v) is 16.7. The number of aromatic nitrogens is 3. The number of para-hydroxylation sites is 1. The van der Waals surface area contributed by atoms with Crippen LogP contribution in [-0.4, -0.2) is 20.7 Å². The van der Waals surface area contributed by atoms with Crippen molar-refractivity contribution in [3.05, 3.63) is 95.3 Å². The second-order valence-corrected chi connectivity index (χ2v) is 7.15. The van der Waals surface area contributed by atoms with Crippen LogP contribution in [0.3, 0.4) is 0 Å². The molecule has 0 unspecified atom stereocenters. The first kappa shape index (κ1) is 18.6. The summed E-state index contributed by atoms with van der Waals surface area (Å²) in [4.78, 5) is 17.5. The molecule has 0 saturated heterocycles. The number of hydrogen-bond acceptors (Lipinski definition) is 3. The van der Waals surface area contributed by atoms with Gasteiger partial charge in [0.25, 0.3) is 5.91 Å². The van der Waals surface area contributed by atoms with Crippen molar-refractivity contribution in [2.45, 2.75) is 20.8 Å². The third kappa shape index (κ3) is 3.94. The Morgan fingerprint density at radius 2 is 1.59 bits per heavy atom. The van der Waals surface area contributed by atoms with Gasteiger partial charge in [-0.05, 0) is 56.2 Å². The van der Waals surface area contributed by atoms with Crippen molar-refractivity contribution in [3.63, 3.8) is 0 Å². The van der Waals surface area contributed by atoms with Crippen LogP contribution < -0.4 is 5.32 Å². The highest BCUT2D eigenvalue weighted by molar-refractivity contribution is 6.01. The highest BCUT2D eigenvalue weighted by Crippen LogP contribution is 2.24. The van der Waals surface area contributed by atoms with E-state index in [1.165, 1.54) is 0 Å². The molecule has 1 N–H and O–H groups in total. The molecule has 0 atom stereocenters. The van der Waals surface area contributed by atoms with Crippen LogP contribution in [0.25, 0.3) is 17.1 Å². The maximum absolute atomic E-state index is 12.9. The van der Waals surface area contributed by atoms with E-state index in [1.54, 1.807) is 4.68 Å². The van der Waals surface area contributed by atoms with Crippen LogP contribution in [-0.2, 0) is 0 Å². The summed E-state index contributed by atoms with van der Waals surface area (Å²) in [5.74, 6) is 0.431. The number of hydrogen-bond donors (Lipinski definition) is 1. The summed E-state index contributed by atoms with van der Waals surface area (Å²) < 4.78 is 1.75. The fourth-order valence-corrected chi connectivity index (χ4v) is 3.26. The summed E-state index contributed by atoms with van der Waals surface area (Å²) >= 11 is 0. The van der Waals surface area contributed by atoms with Gasteiger partial charge in [0.05, 0.1) is 5.69 Å². The third-order valence-corrected chi connectivity index (χ3v) is 4.71. The molecule has 0 saturated carbocycles. The van der Waals surface area contributed by atoms with Gasteiger partial charge in [0.2, 0.25) is 5.82 Å². The quantitative estimate of drug-likeness (QED) is 0.533. The number of benzene rings is 3. The van der Waals surface area contributed by atoms with E-state index < -0.39 is 0 Å². The Balaban J connectivity index is 1.79. The molecule has 4 aromatic rings. The van der Waals surface area contributed by atoms with Crippen molar-refractivity contribution < 1.29 is 4.79 Å². The first-order valence-electron chi connectivity index (χ1n) is 9.49. The average molecular weight is 382 g/mol. The molecule has 3 aromatic carbocycles. The molecule has 0 aliphatic heterocycles. The van der Waals surface area contributed by atoms with Gasteiger partial charge in [-0.15, -0.1) is 5.10 Å². The van der Waals surface area contributed by atoms with Crippen LogP contribution in [0.4, 0.5) is 5.69 Å². The van der Waals surface area contributed by atoms with E-state index in [-0.39, 0.29) is 11.7 Å². The molecule has 0 aliphatic carbocycles. The van der Waals surface area contributed by atoms with Crippen LogP contribution in [0.2, 0.25) is 0 Å². The van der Waals surface area contributed by atoms with E-state index in [0.29, 0.717) is 5.82 Å². The van der Waals surface area contributed by atoms with Gasteiger partial charge < -0.3 is 5.32 Å². The molecule has 144 valence electrons. The number of carbonyl (C=O) groups excluding carboxylic acids is 1. The Morgan fingerprint density at radius 1 is 0.862 bits per heavy atom. The minimum absolute atomic E-state index is 0.131. The average Bonchev–Trinajstić information content (AvgIpc) is 3.14. The van der Waals surface area contributed by atoms with E-state index in [1.807, 2.05) is 93.6 Å². The zero-order valence-electron chi connectivity index (χ0n) is 16.7. The zero-order chi connectivity index (χ0) is 20.4. The lowest BCUT2D eigenvalue weighted by atomic mass is 10.1. The molecular weight excluding hydrogens is 360 g/mol. The number of nitrogens with one attached hydrogen (secondary N) is 1. The number of aryl methyl sites for hydroxylation is 3. The summed E-state index contributed by atoms with van der Waals surface area (Å²) in [6.45, 7) is 6.03. The molecule has 29 heavy (non-hydrogen) atoms. The molecule has 0 radical (unpaired) electrons. The molecule has 0 bridgehead atoms. The molecule has 0 aliphatic rings. The maximum Gasteiger partial charge on any atom is 0.295 e. The molecular formula is C24H22N4O. The molecule has 1 aromatic heterocycles. The minimum Gasteiger partial charge on any atom is -0.319 e. The van der Waals surface area contributed by atoms with Gasteiger partial charge in [-0.2, -0.15) is 0 Å². The van der Waals surface area contributed by atoms with Gasteiger partial charge in [0, 0.05) is 11.3 Å². The highest BCUT2D eigenvalue weighted by atomic mass is 16.2. The smallest absolute Gasteiger partial charge is 0.295 e. The predicted molar refractivity (Wildman–Crippen MR) is 115 cm³/mol. The monoisotopic (exact) mass is 382 g/mol. The summed E-state index contributed by atoms with van der Waals surface area (Å²) in [5.41, 5.74) is 5.77. The summed E-state index contributed by atoms with van der Waals surface area (Å²) in [5, 5.41) is 7.45. The maximum atomic E-state index is 12.9. The van der Waals surface area contributed by atoms with E-state index in [9.17, 15) is 4.79 Å². The van der Waals surface area contributed by atoms with Crippen LogP contribution in [0.15, 0.2) is 72.8 Å². The van der Waals surface area contributed by atoms with Crippen LogP contribution >= 0.6 is 0 Å². The Hall–Kier alpha value is -3.73. The summed E-state index contributed by atoms with van der Waals surface area (Å²) in [6, 6.07) is 23.6. The minimum atomic E-state index is -0.336. The van der Waals surface area contributed by atoms with Crippen molar-refractivity contribution in [1.29, 1.82) is 0 Å². The second kappa shape index (κ2) is 7.72. The lowest BCUT2D eigenvalue weighted by Gasteiger charge is -2.09. The highest BCUT2D eigenvalue weighted by Gasteiger charge is 2.20. The molecule has 4 rings (SSSR count). The Labute approximate surface area is 170 Å². The number of amides is 1. The van der Waals surface area contributed by atoms with Crippen molar-refractivity contribution >= 4 is 11.6 Å². The van der Waals surface area contributed by atoms with Crippen LogP contribution in [0.1, 0.15) is 27.3 Å². The Morgan fingerprint density at radius 3 is 2.31 bits per heavy atom. The van der Waals surface area contributed by atoms with Gasteiger partial charge in [0.15, 0.2) is 5.82 Å². The van der Waals surface area contributed by atoms with E-state index in [2.05, 4.69) is 15.4 Å². The molecule has 1 heterocycles.